The van der Waals surface area contributed by atoms with Crippen LogP contribution in [0.25, 0.3) is 0 Å². The molecule has 10 heteroatoms. The molecule has 2 amide bonds. The van der Waals surface area contributed by atoms with Crippen LogP contribution in [0.15, 0.2) is 41.8 Å². The van der Waals surface area contributed by atoms with Crippen LogP contribution >= 0.6 is 11.3 Å². The molecule has 1 aromatic heterocycles. The Morgan fingerprint density at radius 3 is 2.56 bits per heavy atom. The Morgan fingerprint density at radius 2 is 1.89 bits per heavy atom. The third-order valence-corrected chi connectivity index (χ3v) is 4.05. The summed E-state index contributed by atoms with van der Waals surface area (Å²) in [5, 5.41) is 6.44. The van der Waals surface area contributed by atoms with Crippen molar-refractivity contribution in [2.45, 2.75) is 19.6 Å². The molecule has 0 spiro atoms. The lowest BCUT2D eigenvalue weighted by atomic mass is 10.2. The van der Waals surface area contributed by atoms with Crippen molar-refractivity contribution in [1.82, 2.24) is 5.32 Å². The van der Waals surface area contributed by atoms with Crippen molar-refractivity contribution >= 4 is 34.8 Å². The summed E-state index contributed by atoms with van der Waals surface area (Å²) in [6, 6.07) is 8.90. The number of thiophene rings is 1. The minimum absolute atomic E-state index is 0.0108. The van der Waals surface area contributed by atoms with Gasteiger partial charge in [-0.3, -0.25) is 14.4 Å². The van der Waals surface area contributed by atoms with Crippen molar-refractivity contribution in [1.29, 1.82) is 0 Å². The molecule has 1 aromatic carbocycles. The van der Waals surface area contributed by atoms with E-state index in [-0.39, 0.29) is 11.4 Å². The van der Waals surface area contributed by atoms with E-state index in [0.717, 1.165) is 0 Å². The van der Waals surface area contributed by atoms with Crippen LogP contribution in [0.5, 0.6) is 5.75 Å². The first-order chi connectivity index (χ1) is 12.9. The molecule has 0 aliphatic heterocycles. The van der Waals surface area contributed by atoms with Gasteiger partial charge in [-0.25, -0.2) is 0 Å². The summed E-state index contributed by atoms with van der Waals surface area (Å²) in [7, 11) is 0. The van der Waals surface area contributed by atoms with Crippen molar-refractivity contribution in [3.8, 4) is 5.75 Å². The minimum atomic E-state index is -3.05. The quantitative estimate of drug-likeness (QED) is 0.667. The van der Waals surface area contributed by atoms with Gasteiger partial charge in [-0.2, -0.15) is 8.78 Å². The summed E-state index contributed by atoms with van der Waals surface area (Å²) in [5.74, 6) is -2.21. The molecule has 0 radical (unpaired) electrons. The fraction of sp³-hybridized carbons (Fsp3) is 0.235. The lowest BCUT2D eigenvalue weighted by Gasteiger charge is -2.15. The highest BCUT2D eigenvalue weighted by Gasteiger charge is 2.20. The first-order valence-electron chi connectivity index (χ1n) is 7.72. The number of nitrogens with one attached hydrogen (secondary N) is 2. The second-order valence-corrected chi connectivity index (χ2v) is 6.10. The number of carbonyl (C=O) groups excluding carboxylic acids is 3. The molecule has 0 fully saturated rings. The van der Waals surface area contributed by atoms with Gasteiger partial charge >= 0.3 is 12.6 Å². The zero-order chi connectivity index (χ0) is 19.8. The van der Waals surface area contributed by atoms with Crippen LogP contribution in [-0.2, 0) is 14.3 Å². The van der Waals surface area contributed by atoms with Crippen LogP contribution in [0.4, 0.5) is 14.5 Å². The number of benzene rings is 1. The van der Waals surface area contributed by atoms with E-state index >= 15 is 0 Å². The molecule has 144 valence electrons. The number of hydrogen-bond donors (Lipinski definition) is 2. The van der Waals surface area contributed by atoms with E-state index < -0.39 is 37.0 Å². The summed E-state index contributed by atoms with van der Waals surface area (Å²) >= 11 is 1.21. The zero-order valence-electron chi connectivity index (χ0n) is 14.1. The van der Waals surface area contributed by atoms with Gasteiger partial charge in [0.2, 0.25) is 0 Å². The number of halogens is 2. The number of ether oxygens (including phenoxy) is 2. The van der Waals surface area contributed by atoms with Crippen molar-refractivity contribution in [3.05, 3.63) is 46.7 Å². The van der Waals surface area contributed by atoms with E-state index in [1.165, 1.54) is 42.5 Å². The third kappa shape index (κ3) is 6.33. The average molecular weight is 398 g/mol. The SMILES string of the molecule is C[C@H](OC(=O)CNC(=O)c1cccs1)C(=O)Nc1ccccc1OC(F)F. The highest BCUT2D eigenvalue weighted by atomic mass is 32.1. The Labute approximate surface area is 157 Å². The smallest absolute Gasteiger partial charge is 0.387 e. The van der Waals surface area contributed by atoms with Crippen molar-refractivity contribution in [3.63, 3.8) is 0 Å². The monoisotopic (exact) mass is 398 g/mol. The van der Waals surface area contributed by atoms with Crippen molar-refractivity contribution in [2.75, 3.05) is 11.9 Å². The van der Waals surface area contributed by atoms with Gasteiger partial charge in [-0.05, 0) is 30.5 Å². The lowest BCUT2D eigenvalue weighted by molar-refractivity contribution is -0.152. The number of hydrogen-bond acceptors (Lipinski definition) is 6. The molecule has 0 saturated carbocycles. The largest absolute Gasteiger partial charge is 0.451 e. The third-order valence-electron chi connectivity index (χ3n) is 3.18. The predicted molar refractivity (Wildman–Crippen MR) is 93.9 cm³/mol. The maximum atomic E-state index is 12.4. The average Bonchev–Trinajstić information content (AvgIpc) is 3.15. The molecule has 0 unspecified atom stereocenters. The highest BCUT2D eigenvalue weighted by molar-refractivity contribution is 7.12. The Morgan fingerprint density at radius 1 is 1.15 bits per heavy atom. The number of anilines is 1. The number of rotatable bonds is 8. The van der Waals surface area contributed by atoms with Gasteiger partial charge in [0, 0.05) is 0 Å². The number of esters is 1. The van der Waals surface area contributed by atoms with Gasteiger partial charge < -0.3 is 20.1 Å². The van der Waals surface area contributed by atoms with E-state index in [0.29, 0.717) is 4.88 Å². The summed E-state index contributed by atoms with van der Waals surface area (Å²) in [6.07, 6.45) is -1.21. The fourth-order valence-electron chi connectivity index (χ4n) is 1.94. The molecule has 2 rings (SSSR count). The van der Waals surface area contributed by atoms with E-state index in [9.17, 15) is 23.2 Å². The topological polar surface area (TPSA) is 93.7 Å². The molecule has 2 aromatic rings. The molecule has 1 atom stereocenters. The Bertz CT molecular complexity index is 798. The van der Waals surface area contributed by atoms with E-state index in [1.807, 2.05) is 0 Å². The Balaban J connectivity index is 1.84. The summed E-state index contributed by atoms with van der Waals surface area (Å²) < 4.78 is 34.0. The van der Waals surface area contributed by atoms with Gasteiger partial charge in [0.05, 0.1) is 10.6 Å². The number of amides is 2. The molecule has 0 bridgehead atoms. The second-order valence-electron chi connectivity index (χ2n) is 5.16. The standard InChI is InChI=1S/C17H16F2N2O5S/c1-10(25-14(22)9-20-16(24)13-7-4-8-27-13)15(23)21-11-5-2-3-6-12(11)26-17(18)19/h2-8,10,17H,9H2,1H3,(H,20,24)(H,21,23)/t10-/m0/s1. The maximum Gasteiger partial charge on any atom is 0.387 e. The van der Waals surface area contributed by atoms with Gasteiger partial charge in [-0.1, -0.05) is 18.2 Å². The molecule has 2 N–H and O–H groups in total. The van der Waals surface area contributed by atoms with E-state index in [2.05, 4.69) is 15.4 Å². The van der Waals surface area contributed by atoms with Crippen LogP contribution < -0.4 is 15.4 Å². The van der Waals surface area contributed by atoms with Gasteiger partial charge in [0.15, 0.2) is 6.10 Å². The number of carbonyl (C=O) groups is 3. The molecule has 0 saturated heterocycles. The normalized spacial score (nSPS) is 11.6. The molecule has 1 heterocycles. The van der Waals surface area contributed by atoms with Crippen molar-refractivity contribution < 1.29 is 32.6 Å². The van der Waals surface area contributed by atoms with Crippen LogP contribution in [-0.4, -0.2) is 37.0 Å². The number of para-hydroxylation sites is 2. The van der Waals surface area contributed by atoms with Gasteiger partial charge in [0.1, 0.15) is 12.3 Å². The van der Waals surface area contributed by atoms with Crippen molar-refractivity contribution in [2.24, 2.45) is 0 Å². The first-order valence-corrected chi connectivity index (χ1v) is 8.60. The Kier molecular flexibility index (Phi) is 7.24. The van der Waals surface area contributed by atoms with Crippen LogP contribution in [0.1, 0.15) is 16.6 Å². The molecular weight excluding hydrogens is 382 g/mol. The second kappa shape index (κ2) is 9.62. The Hall–Kier alpha value is -3.01. The van der Waals surface area contributed by atoms with Gasteiger partial charge in [-0.15, -0.1) is 11.3 Å². The van der Waals surface area contributed by atoms with E-state index in [4.69, 9.17) is 4.74 Å². The molecule has 27 heavy (non-hydrogen) atoms. The molecule has 7 nitrogen and oxygen atoms in total. The van der Waals surface area contributed by atoms with Gasteiger partial charge in [0.25, 0.3) is 11.8 Å². The van der Waals surface area contributed by atoms with Crippen LogP contribution in [0, 0.1) is 0 Å². The lowest BCUT2D eigenvalue weighted by Crippen LogP contribution is -2.35. The van der Waals surface area contributed by atoms with Crippen LogP contribution in [0.3, 0.4) is 0 Å². The number of alkyl halides is 2. The molecule has 0 aliphatic carbocycles. The predicted octanol–water partition coefficient (Wildman–Crippen LogP) is 2.65. The molecule has 0 aliphatic rings. The zero-order valence-corrected chi connectivity index (χ0v) is 14.9. The summed E-state index contributed by atoms with van der Waals surface area (Å²) in [4.78, 5) is 36.0. The van der Waals surface area contributed by atoms with Crippen LogP contribution in [0.2, 0.25) is 0 Å². The molecular formula is C17H16F2N2O5S. The van der Waals surface area contributed by atoms with E-state index in [1.54, 1.807) is 17.5 Å². The highest BCUT2D eigenvalue weighted by Crippen LogP contribution is 2.25. The summed E-state index contributed by atoms with van der Waals surface area (Å²) in [6.45, 7) is -2.16. The first kappa shape index (κ1) is 20.3. The summed E-state index contributed by atoms with van der Waals surface area (Å²) in [5.41, 5.74) is 0.0108. The fourth-order valence-corrected chi connectivity index (χ4v) is 2.58. The maximum absolute atomic E-state index is 12.4. The minimum Gasteiger partial charge on any atom is -0.451 e.